The van der Waals surface area contributed by atoms with Gasteiger partial charge in [-0.25, -0.2) is 8.42 Å². The fourth-order valence-corrected chi connectivity index (χ4v) is 2.89. The first-order valence-electron chi connectivity index (χ1n) is 6.43. The summed E-state index contributed by atoms with van der Waals surface area (Å²) in [7, 11) is -3.93. The molecule has 0 heterocycles. The van der Waals surface area contributed by atoms with Gasteiger partial charge in [-0.3, -0.25) is 9.59 Å². The number of benzene rings is 1. The highest BCUT2D eigenvalue weighted by atomic mass is 32.2. The minimum Gasteiger partial charge on any atom is -0.480 e. The molecule has 0 spiro atoms. The Morgan fingerprint density at radius 1 is 1.24 bits per heavy atom. The minimum atomic E-state index is -3.93. The van der Waals surface area contributed by atoms with E-state index < -0.39 is 22.0 Å². The van der Waals surface area contributed by atoms with E-state index in [1.54, 1.807) is 25.1 Å². The van der Waals surface area contributed by atoms with Gasteiger partial charge in [0.2, 0.25) is 15.9 Å². The third-order valence-corrected chi connectivity index (χ3v) is 4.17. The fraction of sp³-hybridized carbons (Fsp3) is 0.385. The molecule has 1 atom stereocenters. The van der Waals surface area contributed by atoms with Crippen LogP contribution in [0.2, 0.25) is 0 Å². The molecule has 8 heteroatoms. The van der Waals surface area contributed by atoms with Crippen LogP contribution in [-0.4, -0.2) is 38.0 Å². The van der Waals surface area contributed by atoms with E-state index in [0.29, 0.717) is 6.54 Å². The van der Waals surface area contributed by atoms with Crippen LogP contribution in [-0.2, 0) is 19.6 Å². The second-order valence-corrected chi connectivity index (χ2v) is 6.03. The number of aliphatic carboxylic acids is 1. The standard InChI is InChI=1S/C13H18N2O5S/c1-2-14-12(16)9-8-11(13(17)18)15-21(19,20)10-6-4-3-5-7-10/h3-7,11,15H,2,8-9H2,1H3,(H,14,16)(H,17,18). The van der Waals surface area contributed by atoms with E-state index in [2.05, 4.69) is 10.0 Å². The minimum absolute atomic E-state index is 0.0192. The van der Waals surface area contributed by atoms with Crippen LogP contribution < -0.4 is 10.0 Å². The zero-order valence-corrected chi connectivity index (χ0v) is 12.4. The summed E-state index contributed by atoms with van der Waals surface area (Å²) in [6, 6.07) is 6.12. The van der Waals surface area contributed by atoms with Crippen molar-refractivity contribution in [3.63, 3.8) is 0 Å². The summed E-state index contributed by atoms with van der Waals surface area (Å²) in [5.41, 5.74) is 0. The molecule has 1 rings (SSSR count). The van der Waals surface area contributed by atoms with E-state index in [9.17, 15) is 18.0 Å². The molecule has 0 bridgehead atoms. The van der Waals surface area contributed by atoms with Gasteiger partial charge in [0.1, 0.15) is 6.04 Å². The number of sulfonamides is 1. The first-order chi connectivity index (χ1) is 9.86. The number of carboxylic acids is 1. The summed E-state index contributed by atoms with van der Waals surface area (Å²) in [5.74, 6) is -1.64. The average Bonchev–Trinajstić information content (AvgIpc) is 2.44. The van der Waals surface area contributed by atoms with Crippen molar-refractivity contribution >= 4 is 21.9 Å². The molecule has 0 fully saturated rings. The largest absolute Gasteiger partial charge is 0.480 e. The molecule has 1 unspecified atom stereocenters. The van der Waals surface area contributed by atoms with E-state index in [0.717, 1.165) is 0 Å². The molecule has 0 radical (unpaired) electrons. The summed E-state index contributed by atoms with van der Waals surface area (Å²) < 4.78 is 26.2. The molecule has 1 aromatic rings. The highest BCUT2D eigenvalue weighted by Crippen LogP contribution is 2.10. The summed E-state index contributed by atoms with van der Waals surface area (Å²) >= 11 is 0. The monoisotopic (exact) mass is 314 g/mol. The third-order valence-electron chi connectivity index (χ3n) is 2.68. The van der Waals surface area contributed by atoms with Gasteiger partial charge in [-0.05, 0) is 25.5 Å². The van der Waals surface area contributed by atoms with Crippen LogP contribution in [0.25, 0.3) is 0 Å². The molecule has 0 aliphatic heterocycles. The van der Waals surface area contributed by atoms with Crippen molar-refractivity contribution in [1.82, 2.24) is 10.0 Å². The lowest BCUT2D eigenvalue weighted by Crippen LogP contribution is -2.41. The molecule has 0 aliphatic rings. The Morgan fingerprint density at radius 3 is 2.38 bits per heavy atom. The third kappa shape index (κ3) is 5.52. The molecular weight excluding hydrogens is 296 g/mol. The maximum absolute atomic E-state index is 12.0. The molecule has 0 saturated heterocycles. The van der Waals surface area contributed by atoms with E-state index in [4.69, 9.17) is 5.11 Å². The fourth-order valence-electron chi connectivity index (χ4n) is 1.65. The first-order valence-corrected chi connectivity index (χ1v) is 7.92. The number of hydrogen-bond acceptors (Lipinski definition) is 4. The Kier molecular flexibility index (Phi) is 6.32. The summed E-state index contributed by atoms with van der Waals surface area (Å²) in [4.78, 5) is 22.4. The molecule has 0 aromatic heterocycles. The second-order valence-electron chi connectivity index (χ2n) is 4.32. The Hall–Kier alpha value is -1.93. The smallest absolute Gasteiger partial charge is 0.321 e. The highest BCUT2D eigenvalue weighted by molar-refractivity contribution is 7.89. The number of nitrogens with one attached hydrogen (secondary N) is 2. The predicted molar refractivity (Wildman–Crippen MR) is 76.1 cm³/mol. The Bertz CT molecular complexity index is 586. The average molecular weight is 314 g/mol. The van der Waals surface area contributed by atoms with E-state index in [1.807, 2.05) is 0 Å². The van der Waals surface area contributed by atoms with Gasteiger partial charge in [0.05, 0.1) is 4.90 Å². The number of carbonyl (C=O) groups excluding carboxylic acids is 1. The van der Waals surface area contributed by atoms with Crippen LogP contribution >= 0.6 is 0 Å². The van der Waals surface area contributed by atoms with Gasteiger partial charge in [-0.15, -0.1) is 0 Å². The Labute approximate surface area is 123 Å². The van der Waals surface area contributed by atoms with E-state index in [1.165, 1.54) is 12.1 Å². The predicted octanol–water partition coefficient (Wildman–Crippen LogP) is 0.334. The maximum Gasteiger partial charge on any atom is 0.321 e. The topological polar surface area (TPSA) is 113 Å². The van der Waals surface area contributed by atoms with Gasteiger partial charge in [0, 0.05) is 13.0 Å². The lowest BCUT2D eigenvalue weighted by Gasteiger charge is -2.14. The Morgan fingerprint density at radius 2 is 1.86 bits per heavy atom. The lowest BCUT2D eigenvalue weighted by atomic mass is 10.1. The van der Waals surface area contributed by atoms with Gasteiger partial charge < -0.3 is 10.4 Å². The highest BCUT2D eigenvalue weighted by Gasteiger charge is 2.25. The van der Waals surface area contributed by atoms with Crippen LogP contribution in [0.3, 0.4) is 0 Å². The summed E-state index contributed by atoms with van der Waals surface area (Å²) in [6.07, 6.45) is -0.185. The quantitative estimate of drug-likeness (QED) is 0.640. The number of hydrogen-bond donors (Lipinski definition) is 3. The van der Waals surface area contributed by atoms with Crippen molar-refractivity contribution in [2.75, 3.05) is 6.54 Å². The zero-order valence-electron chi connectivity index (χ0n) is 11.6. The first kappa shape index (κ1) is 17.1. The van der Waals surface area contributed by atoms with Gasteiger partial charge in [-0.1, -0.05) is 18.2 Å². The number of rotatable bonds is 8. The van der Waals surface area contributed by atoms with Crippen LogP contribution in [0.5, 0.6) is 0 Å². The molecular formula is C13H18N2O5S. The molecule has 3 N–H and O–H groups in total. The molecule has 7 nitrogen and oxygen atoms in total. The molecule has 1 aromatic carbocycles. The molecule has 0 saturated carbocycles. The van der Waals surface area contributed by atoms with Crippen molar-refractivity contribution in [2.24, 2.45) is 0 Å². The number of carboxylic acid groups (broad SMARTS) is 1. The zero-order chi connectivity index (χ0) is 15.9. The van der Waals surface area contributed by atoms with Crippen LogP contribution in [0.4, 0.5) is 0 Å². The van der Waals surface area contributed by atoms with Gasteiger partial charge >= 0.3 is 5.97 Å². The maximum atomic E-state index is 12.0. The van der Waals surface area contributed by atoms with Gasteiger partial charge in [-0.2, -0.15) is 4.72 Å². The Balaban J connectivity index is 2.75. The van der Waals surface area contributed by atoms with Crippen LogP contribution in [0, 0.1) is 0 Å². The van der Waals surface area contributed by atoms with Crippen molar-refractivity contribution in [1.29, 1.82) is 0 Å². The van der Waals surface area contributed by atoms with Crippen LogP contribution in [0.1, 0.15) is 19.8 Å². The number of carbonyl (C=O) groups is 2. The summed E-state index contributed by atoms with van der Waals surface area (Å²) in [6.45, 7) is 2.18. The van der Waals surface area contributed by atoms with E-state index >= 15 is 0 Å². The van der Waals surface area contributed by atoms with E-state index in [-0.39, 0.29) is 23.6 Å². The molecule has 1 amide bonds. The molecule has 0 aliphatic carbocycles. The van der Waals surface area contributed by atoms with Crippen molar-refractivity contribution in [3.8, 4) is 0 Å². The van der Waals surface area contributed by atoms with Crippen molar-refractivity contribution in [3.05, 3.63) is 30.3 Å². The molecule has 116 valence electrons. The van der Waals surface area contributed by atoms with Crippen LogP contribution in [0.15, 0.2) is 35.2 Å². The van der Waals surface area contributed by atoms with Gasteiger partial charge in [0.15, 0.2) is 0 Å². The normalized spacial score (nSPS) is 12.6. The summed E-state index contributed by atoms with van der Waals surface area (Å²) in [5, 5.41) is 11.6. The lowest BCUT2D eigenvalue weighted by molar-refractivity contribution is -0.139. The molecule has 21 heavy (non-hydrogen) atoms. The van der Waals surface area contributed by atoms with Crippen molar-refractivity contribution in [2.45, 2.75) is 30.7 Å². The second kappa shape index (κ2) is 7.75. The van der Waals surface area contributed by atoms with Crippen molar-refractivity contribution < 1.29 is 23.1 Å². The number of amides is 1. The SMILES string of the molecule is CCNC(=O)CCC(NS(=O)(=O)c1ccccc1)C(=O)O. The van der Waals surface area contributed by atoms with Gasteiger partial charge in [0.25, 0.3) is 0 Å².